The van der Waals surface area contributed by atoms with Gasteiger partial charge in [-0.2, -0.15) is 0 Å². The average molecular weight is 502 g/mol. The van der Waals surface area contributed by atoms with E-state index in [1.807, 2.05) is 18.2 Å². The quantitative estimate of drug-likeness (QED) is 0.304. The topological polar surface area (TPSA) is 104 Å². The Hall–Kier alpha value is -4.30. The Morgan fingerprint density at radius 1 is 0.972 bits per heavy atom. The maximum Gasteiger partial charge on any atom is 0.251 e. The number of fused-ring (bicyclic) bond motifs is 1. The fraction of sp³-hybridized carbons (Fsp3) is 0.111. The van der Waals surface area contributed by atoms with Gasteiger partial charge in [0.2, 0.25) is 0 Å². The molecular weight excluding hydrogens is 481 g/mol. The average Bonchev–Trinajstić information content (AvgIpc) is 3.26. The van der Waals surface area contributed by atoms with Crippen LogP contribution in [0, 0.1) is 5.82 Å². The first-order chi connectivity index (χ1) is 17.5. The molecule has 5 rings (SSSR count). The second-order valence-corrected chi connectivity index (χ2v) is 8.72. The Morgan fingerprint density at radius 3 is 2.64 bits per heavy atom. The highest BCUT2D eigenvalue weighted by Crippen LogP contribution is 2.27. The fourth-order valence-corrected chi connectivity index (χ4v) is 4.26. The Kier molecular flexibility index (Phi) is 6.60. The van der Waals surface area contributed by atoms with E-state index < -0.39 is 5.82 Å². The van der Waals surface area contributed by atoms with Gasteiger partial charge in [-0.1, -0.05) is 29.8 Å². The summed E-state index contributed by atoms with van der Waals surface area (Å²) in [6, 6.07) is 15.8. The Balaban J connectivity index is 1.27. The van der Waals surface area contributed by atoms with Crippen molar-refractivity contribution < 1.29 is 9.18 Å². The largest absolute Gasteiger partial charge is 0.360 e. The van der Waals surface area contributed by atoms with Gasteiger partial charge in [-0.05, 0) is 36.4 Å². The zero-order chi connectivity index (χ0) is 25.1. The molecule has 9 heteroatoms. The molecule has 0 radical (unpaired) electrons. The van der Waals surface area contributed by atoms with Crippen molar-refractivity contribution in [1.82, 2.24) is 25.3 Å². The summed E-state index contributed by atoms with van der Waals surface area (Å²) in [6.07, 6.45) is 5.51. The summed E-state index contributed by atoms with van der Waals surface area (Å²) in [4.78, 5) is 39.3. The molecular formula is C27H21ClFN5O2. The molecule has 0 fully saturated rings. The molecule has 0 atom stereocenters. The number of carbonyl (C=O) groups excluding carboxylic acids is 1. The first-order valence-corrected chi connectivity index (χ1v) is 11.6. The van der Waals surface area contributed by atoms with Gasteiger partial charge in [0.25, 0.3) is 11.5 Å². The smallest absolute Gasteiger partial charge is 0.251 e. The minimum Gasteiger partial charge on any atom is -0.360 e. The first-order valence-electron chi connectivity index (χ1n) is 11.3. The Labute approximate surface area is 210 Å². The second-order valence-electron chi connectivity index (χ2n) is 8.31. The summed E-state index contributed by atoms with van der Waals surface area (Å²) in [6.45, 7) is 0.0159. The SMILES string of the molecule is O=C(NCc1ccc2[nH]cc(Cl)c2c1F)c1ccnc(Cc2cccc(Cc3ccc[nH]c3=O)n2)c1. The molecule has 0 aliphatic carbocycles. The van der Waals surface area contributed by atoms with Gasteiger partial charge in [0.1, 0.15) is 5.82 Å². The number of halogens is 2. The number of hydrogen-bond acceptors (Lipinski definition) is 4. The third-order valence-corrected chi connectivity index (χ3v) is 6.13. The summed E-state index contributed by atoms with van der Waals surface area (Å²) in [5.74, 6) is -0.804. The monoisotopic (exact) mass is 501 g/mol. The maximum absolute atomic E-state index is 14.8. The highest BCUT2D eigenvalue weighted by atomic mass is 35.5. The molecule has 0 aliphatic heterocycles. The van der Waals surface area contributed by atoms with E-state index in [1.54, 1.807) is 48.8 Å². The Bertz CT molecular complexity index is 1630. The van der Waals surface area contributed by atoms with Gasteiger partial charge in [-0.25, -0.2) is 4.39 Å². The van der Waals surface area contributed by atoms with Crippen LogP contribution >= 0.6 is 11.6 Å². The molecule has 180 valence electrons. The van der Waals surface area contributed by atoms with Crippen LogP contribution in [-0.2, 0) is 19.4 Å². The zero-order valence-electron chi connectivity index (χ0n) is 19.0. The van der Waals surface area contributed by atoms with Gasteiger partial charge in [0.15, 0.2) is 0 Å². The molecule has 4 aromatic heterocycles. The van der Waals surface area contributed by atoms with Crippen LogP contribution < -0.4 is 10.9 Å². The molecule has 0 spiro atoms. The van der Waals surface area contributed by atoms with E-state index >= 15 is 0 Å². The standard InChI is InChI=1S/C27H21ClFN5O2/c28-22-15-32-23-7-6-18(25(29)24(22)23)14-33-27(36)17-8-10-30-21(12-17)13-20-5-1-4-19(34-20)11-16-3-2-9-31-26(16)35/h1-10,12,15,32H,11,13-14H2,(H,31,35)(H,33,36). The molecule has 4 heterocycles. The van der Waals surface area contributed by atoms with Crippen molar-refractivity contribution in [2.75, 3.05) is 0 Å². The molecule has 36 heavy (non-hydrogen) atoms. The minimum absolute atomic E-state index is 0.0159. The molecule has 0 unspecified atom stereocenters. The van der Waals surface area contributed by atoms with E-state index in [0.29, 0.717) is 51.2 Å². The summed E-state index contributed by atoms with van der Waals surface area (Å²) < 4.78 is 14.8. The lowest BCUT2D eigenvalue weighted by Gasteiger charge is -2.09. The molecule has 1 aromatic carbocycles. The lowest BCUT2D eigenvalue weighted by atomic mass is 10.1. The number of benzene rings is 1. The van der Waals surface area contributed by atoms with Gasteiger partial charge >= 0.3 is 0 Å². The van der Waals surface area contributed by atoms with Gasteiger partial charge < -0.3 is 15.3 Å². The lowest BCUT2D eigenvalue weighted by molar-refractivity contribution is 0.0950. The number of nitrogens with one attached hydrogen (secondary N) is 3. The van der Waals surface area contributed by atoms with E-state index in [1.165, 1.54) is 6.20 Å². The highest BCUT2D eigenvalue weighted by molar-refractivity contribution is 6.35. The van der Waals surface area contributed by atoms with Crippen molar-refractivity contribution in [1.29, 1.82) is 0 Å². The third-order valence-electron chi connectivity index (χ3n) is 5.83. The number of H-pyrrole nitrogens is 2. The summed E-state index contributed by atoms with van der Waals surface area (Å²) in [5.41, 5.74) is 4.03. The van der Waals surface area contributed by atoms with E-state index in [0.717, 1.165) is 11.4 Å². The van der Waals surface area contributed by atoms with E-state index in [9.17, 15) is 14.0 Å². The number of amides is 1. The molecule has 0 bridgehead atoms. The van der Waals surface area contributed by atoms with Gasteiger partial charge in [-0.3, -0.25) is 19.6 Å². The fourth-order valence-electron chi connectivity index (χ4n) is 4.02. The molecule has 1 amide bonds. The van der Waals surface area contributed by atoms with Crippen LogP contribution in [0.4, 0.5) is 4.39 Å². The van der Waals surface area contributed by atoms with Crippen LogP contribution in [0.25, 0.3) is 10.9 Å². The van der Waals surface area contributed by atoms with Crippen LogP contribution in [0.2, 0.25) is 5.02 Å². The molecule has 0 aliphatic rings. The van der Waals surface area contributed by atoms with E-state index in [2.05, 4.69) is 25.3 Å². The van der Waals surface area contributed by atoms with E-state index in [4.69, 9.17) is 11.6 Å². The molecule has 7 nitrogen and oxygen atoms in total. The van der Waals surface area contributed by atoms with Crippen LogP contribution in [0.1, 0.15) is 38.6 Å². The van der Waals surface area contributed by atoms with Crippen molar-refractivity contribution in [3.8, 4) is 0 Å². The van der Waals surface area contributed by atoms with Crippen molar-refractivity contribution in [3.05, 3.63) is 128 Å². The zero-order valence-corrected chi connectivity index (χ0v) is 19.8. The van der Waals surface area contributed by atoms with Crippen LogP contribution in [0.3, 0.4) is 0 Å². The minimum atomic E-state index is -0.460. The van der Waals surface area contributed by atoms with Crippen molar-refractivity contribution in [3.63, 3.8) is 0 Å². The normalized spacial score (nSPS) is 11.1. The van der Waals surface area contributed by atoms with Crippen molar-refractivity contribution in [2.45, 2.75) is 19.4 Å². The van der Waals surface area contributed by atoms with Gasteiger partial charge in [0, 0.05) is 77.3 Å². The highest BCUT2D eigenvalue weighted by Gasteiger charge is 2.14. The number of aromatic nitrogens is 4. The van der Waals surface area contributed by atoms with Crippen molar-refractivity contribution in [2.24, 2.45) is 0 Å². The number of rotatable bonds is 7. The summed E-state index contributed by atoms with van der Waals surface area (Å²) >= 11 is 6.06. The molecule has 5 aromatic rings. The molecule has 0 saturated heterocycles. The number of aromatic amines is 2. The van der Waals surface area contributed by atoms with E-state index in [-0.39, 0.29) is 18.0 Å². The number of pyridine rings is 3. The number of carbonyl (C=O) groups is 1. The van der Waals surface area contributed by atoms with Gasteiger partial charge in [0.05, 0.1) is 10.4 Å². The van der Waals surface area contributed by atoms with Crippen LogP contribution in [-0.4, -0.2) is 25.8 Å². The Morgan fingerprint density at radius 2 is 1.81 bits per heavy atom. The maximum atomic E-state index is 14.8. The second kappa shape index (κ2) is 10.1. The molecule has 3 N–H and O–H groups in total. The van der Waals surface area contributed by atoms with Crippen molar-refractivity contribution >= 4 is 28.4 Å². The van der Waals surface area contributed by atoms with Gasteiger partial charge in [-0.15, -0.1) is 0 Å². The predicted octanol–water partition coefficient (Wildman–Crippen LogP) is 4.55. The first kappa shape index (κ1) is 23.4. The molecule has 0 saturated carbocycles. The number of nitrogens with zero attached hydrogens (tertiary/aromatic N) is 2. The summed E-state index contributed by atoms with van der Waals surface area (Å²) in [5, 5.41) is 3.36. The number of hydrogen-bond donors (Lipinski definition) is 3. The summed E-state index contributed by atoms with van der Waals surface area (Å²) in [7, 11) is 0. The van der Waals surface area contributed by atoms with Crippen LogP contribution in [0.15, 0.2) is 78.0 Å². The van der Waals surface area contributed by atoms with Crippen LogP contribution in [0.5, 0.6) is 0 Å². The third kappa shape index (κ3) is 5.04. The predicted molar refractivity (Wildman–Crippen MR) is 136 cm³/mol. The lowest BCUT2D eigenvalue weighted by Crippen LogP contribution is -2.23.